The molecule has 0 atom stereocenters. The molecule has 2 aromatic carbocycles. The number of primary amides is 1. The lowest BCUT2D eigenvalue weighted by atomic mass is 10.2. The lowest BCUT2D eigenvalue weighted by molar-refractivity contribution is -0.192. The third kappa shape index (κ3) is 9.08. The van der Waals surface area contributed by atoms with Gasteiger partial charge in [0.05, 0.1) is 17.4 Å². The zero-order valence-corrected chi connectivity index (χ0v) is 18.4. The van der Waals surface area contributed by atoms with Crippen LogP contribution in [0.3, 0.4) is 0 Å². The third-order valence-corrected chi connectivity index (χ3v) is 4.27. The number of benzene rings is 2. The number of nitrogens with zero attached hydrogens (tertiary/aromatic N) is 1. The number of hydrogen-bond acceptors (Lipinski definition) is 5. The Morgan fingerprint density at radius 3 is 2.08 bits per heavy atom. The van der Waals surface area contributed by atoms with Crippen molar-refractivity contribution >= 4 is 35.0 Å². The van der Waals surface area contributed by atoms with Crippen LogP contribution in [0.2, 0.25) is 0 Å². The van der Waals surface area contributed by atoms with Gasteiger partial charge in [0.1, 0.15) is 5.69 Å². The number of nitrogens with one attached hydrogen (secondary N) is 4. The van der Waals surface area contributed by atoms with E-state index >= 15 is 0 Å². The zero-order chi connectivity index (χ0) is 27.8. The van der Waals surface area contributed by atoms with Crippen LogP contribution in [0.25, 0.3) is 0 Å². The molecule has 0 unspecified atom stereocenters. The van der Waals surface area contributed by atoms with Gasteiger partial charge in [-0.3, -0.25) is 9.89 Å². The van der Waals surface area contributed by atoms with Crippen LogP contribution in [0, 0.1) is 0 Å². The van der Waals surface area contributed by atoms with E-state index in [9.17, 15) is 35.9 Å². The molecule has 0 aliphatic carbocycles. The molecule has 3 aromatic rings. The third-order valence-electron chi connectivity index (χ3n) is 4.27. The molecule has 16 heteroatoms. The Labute approximate surface area is 203 Å². The SMILES string of the molecule is NC(=O)c1[nH]ncc1NCc1cccc(NC(=O)Nc2ccc(C(F)(F)F)cc2)c1.O=C(O)C(F)(F)F. The normalized spacial score (nSPS) is 11.1. The van der Waals surface area contributed by atoms with E-state index in [2.05, 4.69) is 26.1 Å². The summed E-state index contributed by atoms with van der Waals surface area (Å²) in [6.07, 6.45) is -8.09. The molecule has 0 bridgehead atoms. The second kappa shape index (κ2) is 11.8. The Morgan fingerprint density at radius 1 is 0.946 bits per heavy atom. The van der Waals surface area contributed by atoms with E-state index in [1.165, 1.54) is 18.3 Å². The average molecular weight is 532 g/mol. The number of aliphatic carboxylic acids is 1. The van der Waals surface area contributed by atoms with E-state index in [0.29, 0.717) is 17.9 Å². The van der Waals surface area contributed by atoms with Crippen LogP contribution >= 0.6 is 0 Å². The molecule has 0 saturated carbocycles. The molecule has 10 nitrogen and oxygen atoms in total. The molecule has 0 spiro atoms. The Balaban J connectivity index is 0.000000604. The molecule has 0 aliphatic heterocycles. The van der Waals surface area contributed by atoms with E-state index in [-0.39, 0.29) is 11.4 Å². The Hall–Kier alpha value is -4.76. The quantitative estimate of drug-likeness (QED) is 0.258. The van der Waals surface area contributed by atoms with Gasteiger partial charge in [0.2, 0.25) is 0 Å². The van der Waals surface area contributed by atoms with Crippen LogP contribution < -0.4 is 21.7 Å². The highest BCUT2D eigenvalue weighted by molar-refractivity contribution is 5.99. The van der Waals surface area contributed by atoms with Gasteiger partial charge in [0, 0.05) is 17.9 Å². The summed E-state index contributed by atoms with van der Waals surface area (Å²) in [5.41, 5.74) is 6.52. The summed E-state index contributed by atoms with van der Waals surface area (Å²) in [6, 6.07) is 10.4. The van der Waals surface area contributed by atoms with Crippen LogP contribution in [0.15, 0.2) is 54.7 Å². The molecule has 1 heterocycles. The number of nitrogens with two attached hydrogens (primary N) is 1. The summed E-state index contributed by atoms with van der Waals surface area (Å²) in [7, 11) is 0. The smallest absolute Gasteiger partial charge is 0.475 e. The van der Waals surface area contributed by atoms with E-state index in [1.54, 1.807) is 24.3 Å². The van der Waals surface area contributed by atoms with Gasteiger partial charge in [0.25, 0.3) is 5.91 Å². The van der Waals surface area contributed by atoms with Crippen molar-refractivity contribution in [2.24, 2.45) is 5.73 Å². The van der Waals surface area contributed by atoms with Crippen molar-refractivity contribution in [3.63, 3.8) is 0 Å². The number of carbonyl (C=O) groups is 3. The van der Waals surface area contributed by atoms with Gasteiger partial charge < -0.3 is 26.8 Å². The number of aromatic amines is 1. The van der Waals surface area contributed by atoms with Crippen molar-refractivity contribution in [1.82, 2.24) is 10.2 Å². The molecule has 0 saturated heterocycles. The number of H-pyrrole nitrogens is 1. The fourth-order valence-electron chi connectivity index (χ4n) is 2.60. The molecule has 37 heavy (non-hydrogen) atoms. The first-order valence-electron chi connectivity index (χ1n) is 9.88. The van der Waals surface area contributed by atoms with E-state index < -0.39 is 35.8 Å². The standard InChI is InChI=1S/C19H17F3N6O2.C2HF3O2/c20-19(21,22)12-4-6-13(7-5-12)26-18(30)27-14-3-1-2-11(8-14)9-24-15-10-25-28-16(15)17(23)29;3-2(4,5)1(6)7/h1-8,10,24H,9H2,(H2,23,29)(H,25,28)(H2,26,27,30);(H,6,7). The van der Waals surface area contributed by atoms with Crippen LogP contribution in [-0.2, 0) is 17.5 Å². The van der Waals surface area contributed by atoms with Crippen molar-refractivity contribution in [2.75, 3.05) is 16.0 Å². The number of alkyl halides is 6. The molecule has 3 amide bonds. The first-order valence-corrected chi connectivity index (χ1v) is 9.88. The highest BCUT2D eigenvalue weighted by Crippen LogP contribution is 2.29. The zero-order valence-electron chi connectivity index (χ0n) is 18.4. The minimum absolute atomic E-state index is 0.153. The van der Waals surface area contributed by atoms with Gasteiger partial charge in [-0.2, -0.15) is 31.4 Å². The first kappa shape index (κ1) is 28.5. The lowest BCUT2D eigenvalue weighted by Gasteiger charge is -2.11. The molecular formula is C21H18F6N6O4. The van der Waals surface area contributed by atoms with Crippen molar-refractivity contribution < 1.29 is 45.8 Å². The molecular weight excluding hydrogens is 514 g/mol. The van der Waals surface area contributed by atoms with Crippen LogP contribution in [0.5, 0.6) is 0 Å². The molecule has 0 fully saturated rings. The second-order valence-electron chi connectivity index (χ2n) is 7.03. The summed E-state index contributed by atoms with van der Waals surface area (Å²) in [6.45, 7) is 0.329. The Bertz CT molecular complexity index is 1240. The minimum Gasteiger partial charge on any atom is -0.475 e. The van der Waals surface area contributed by atoms with Crippen LogP contribution in [-0.4, -0.2) is 39.4 Å². The molecule has 7 N–H and O–H groups in total. The predicted molar refractivity (Wildman–Crippen MR) is 119 cm³/mol. The predicted octanol–water partition coefficient (Wildman–Crippen LogP) is 4.42. The van der Waals surface area contributed by atoms with Crippen molar-refractivity contribution in [3.05, 3.63) is 71.5 Å². The number of aromatic nitrogens is 2. The number of anilines is 3. The number of hydrogen-bond donors (Lipinski definition) is 6. The summed E-state index contributed by atoms with van der Waals surface area (Å²) in [5, 5.41) is 21.5. The number of carboxylic acids is 1. The second-order valence-corrected chi connectivity index (χ2v) is 7.03. The average Bonchev–Trinajstić information content (AvgIpc) is 3.26. The maximum Gasteiger partial charge on any atom is 0.490 e. The molecule has 198 valence electrons. The van der Waals surface area contributed by atoms with Crippen LogP contribution in [0.1, 0.15) is 21.6 Å². The number of rotatable bonds is 6. The number of carbonyl (C=O) groups excluding carboxylic acids is 2. The molecule has 0 radical (unpaired) electrons. The summed E-state index contributed by atoms with van der Waals surface area (Å²) < 4.78 is 69.5. The van der Waals surface area contributed by atoms with Gasteiger partial charge in [-0.15, -0.1) is 0 Å². The van der Waals surface area contributed by atoms with Crippen molar-refractivity contribution in [3.8, 4) is 0 Å². The molecule has 3 rings (SSSR count). The summed E-state index contributed by atoms with van der Waals surface area (Å²) >= 11 is 0. The Morgan fingerprint density at radius 2 is 1.54 bits per heavy atom. The number of urea groups is 1. The minimum atomic E-state index is -5.08. The summed E-state index contributed by atoms with van der Waals surface area (Å²) in [4.78, 5) is 32.3. The summed E-state index contributed by atoms with van der Waals surface area (Å²) in [5.74, 6) is -3.40. The fourth-order valence-corrected chi connectivity index (χ4v) is 2.60. The maximum absolute atomic E-state index is 12.6. The van der Waals surface area contributed by atoms with E-state index in [0.717, 1.165) is 17.7 Å². The lowest BCUT2D eigenvalue weighted by Crippen LogP contribution is -2.21. The first-order chi connectivity index (χ1) is 17.2. The van der Waals surface area contributed by atoms with Gasteiger partial charge in [-0.05, 0) is 42.0 Å². The van der Waals surface area contributed by atoms with Gasteiger partial charge in [-0.25, -0.2) is 9.59 Å². The van der Waals surface area contributed by atoms with Gasteiger partial charge in [0.15, 0.2) is 0 Å². The highest BCUT2D eigenvalue weighted by atomic mass is 19.4. The highest BCUT2D eigenvalue weighted by Gasteiger charge is 2.38. The van der Waals surface area contributed by atoms with Gasteiger partial charge in [-0.1, -0.05) is 12.1 Å². The molecule has 1 aromatic heterocycles. The van der Waals surface area contributed by atoms with Crippen LogP contribution in [0.4, 0.5) is 48.2 Å². The Kier molecular flexibility index (Phi) is 9.07. The number of carboxylic acid groups (broad SMARTS) is 1. The van der Waals surface area contributed by atoms with E-state index in [1.807, 2.05) is 0 Å². The topological polar surface area (TPSA) is 162 Å². The number of halogens is 6. The monoisotopic (exact) mass is 532 g/mol. The van der Waals surface area contributed by atoms with Gasteiger partial charge >= 0.3 is 24.4 Å². The fraction of sp³-hybridized carbons (Fsp3) is 0.143. The van der Waals surface area contributed by atoms with Crippen molar-refractivity contribution in [2.45, 2.75) is 18.9 Å². The molecule has 0 aliphatic rings. The van der Waals surface area contributed by atoms with E-state index in [4.69, 9.17) is 15.6 Å². The van der Waals surface area contributed by atoms with Crippen molar-refractivity contribution in [1.29, 1.82) is 0 Å². The maximum atomic E-state index is 12.6. The largest absolute Gasteiger partial charge is 0.490 e. The number of amides is 3.